The molecule has 9 nitrogen and oxygen atoms in total. The molecule has 7 unspecified atom stereocenters. The van der Waals surface area contributed by atoms with Crippen molar-refractivity contribution in [3.63, 3.8) is 0 Å². The molecule has 9 heteroatoms. The van der Waals surface area contributed by atoms with Crippen LogP contribution in [0.5, 0.6) is 0 Å². The van der Waals surface area contributed by atoms with Gasteiger partial charge in [-0.25, -0.2) is 0 Å². The number of carbonyl (C=O) groups is 1. The van der Waals surface area contributed by atoms with Crippen LogP contribution in [-0.4, -0.2) is 87.5 Å². The van der Waals surface area contributed by atoms with Crippen LogP contribution in [0.25, 0.3) is 0 Å². The van der Waals surface area contributed by atoms with Crippen LogP contribution in [0.1, 0.15) is 232 Å². The molecule has 1 saturated heterocycles. The molecule has 63 heavy (non-hydrogen) atoms. The van der Waals surface area contributed by atoms with Crippen LogP contribution >= 0.6 is 0 Å². The lowest BCUT2D eigenvalue weighted by molar-refractivity contribution is -0.302. The van der Waals surface area contributed by atoms with Gasteiger partial charge in [0.25, 0.3) is 0 Å². The third kappa shape index (κ3) is 34.2. The van der Waals surface area contributed by atoms with Gasteiger partial charge < -0.3 is 40.3 Å². The molecule has 0 radical (unpaired) electrons. The molecule has 0 aliphatic carbocycles. The lowest BCUT2D eigenvalue weighted by Crippen LogP contribution is -2.60. The van der Waals surface area contributed by atoms with E-state index in [0.29, 0.717) is 6.42 Å². The third-order valence-corrected chi connectivity index (χ3v) is 12.4. The van der Waals surface area contributed by atoms with Gasteiger partial charge in [0.2, 0.25) is 5.91 Å². The first-order valence-electron chi connectivity index (χ1n) is 26.4. The molecule has 1 fully saturated rings. The first-order valence-corrected chi connectivity index (χ1v) is 26.4. The van der Waals surface area contributed by atoms with Crippen molar-refractivity contribution in [3.8, 4) is 0 Å². The van der Waals surface area contributed by atoms with Crippen molar-refractivity contribution in [2.24, 2.45) is 0 Å². The summed E-state index contributed by atoms with van der Waals surface area (Å²) in [6.07, 6.45) is 50.2. The molecular formula is C54H99NO8. The largest absolute Gasteiger partial charge is 0.394 e. The minimum absolute atomic E-state index is 0.193. The number of aliphatic hydroxyl groups excluding tert-OH is 5. The highest BCUT2D eigenvalue weighted by molar-refractivity contribution is 5.76. The lowest BCUT2D eigenvalue weighted by atomic mass is 9.99. The molecule has 368 valence electrons. The topological polar surface area (TPSA) is 149 Å². The van der Waals surface area contributed by atoms with E-state index in [0.717, 1.165) is 44.9 Å². The van der Waals surface area contributed by atoms with E-state index in [4.69, 9.17) is 9.47 Å². The zero-order chi connectivity index (χ0) is 45.9. The van der Waals surface area contributed by atoms with Crippen molar-refractivity contribution in [3.05, 3.63) is 48.6 Å². The van der Waals surface area contributed by atoms with E-state index in [-0.39, 0.29) is 12.5 Å². The number of unbranched alkanes of at least 4 members (excludes halogenated alkanes) is 28. The Balaban J connectivity index is 2.33. The van der Waals surface area contributed by atoms with Crippen LogP contribution in [0.4, 0.5) is 0 Å². The normalized spacial score (nSPS) is 20.5. The van der Waals surface area contributed by atoms with Crippen molar-refractivity contribution in [1.82, 2.24) is 5.32 Å². The average molecular weight is 890 g/mol. The lowest BCUT2D eigenvalue weighted by Gasteiger charge is -2.40. The Bertz CT molecular complexity index is 1130. The molecule has 6 N–H and O–H groups in total. The highest BCUT2D eigenvalue weighted by Gasteiger charge is 2.44. The van der Waals surface area contributed by atoms with Gasteiger partial charge >= 0.3 is 0 Å². The van der Waals surface area contributed by atoms with E-state index < -0.39 is 49.5 Å². The number of rotatable bonds is 44. The SMILES string of the molecule is CCCCCCCC/C=C\CCCCCCCCCCCC(=O)NC(COC1OC(CO)C(O)C(O)C1O)C(O)/C=C/CC/C=C/CC/C=C/CCCCCCCCCCCCC. The summed E-state index contributed by atoms with van der Waals surface area (Å²) in [5.41, 5.74) is 0. The fourth-order valence-electron chi connectivity index (χ4n) is 8.12. The maximum Gasteiger partial charge on any atom is 0.220 e. The summed E-state index contributed by atoms with van der Waals surface area (Å²) in [6.45, 7) is 3.76. The molecule has 1 amide bonds. The summed E-state index contributed by atoms with van der Waals surface area (Å²) in [6, 6.07) is -0.829. The van der Waals surface area contributed by atoms with E-state index in [1.807, 2.05) is 6.08 Å². The maximum absolute atomic E-state index is 13.0. The maximum atomic E-state index is 13.0. The minimum Gasteiger partial charge on any atom is -0.394 e. The van der Waals surface area contributed by atoms with E-state index in [9.17, 15) is 30.3 Å². The minimum atomic E-state index is -1.58. The Labute approximate surface area is 386 Å². The average Bonchev–Trinajstić information content (AvgIpc) is 3.28. The highest BCUT2D eigenvalue weighted by atomic mass is 16.7. The number of ether oxygens (including phenoxy) is 2. The summed E-state index contributed by atoms with van der Waals surface area (Å²) in [5.74, 6) is -0.193. The van der Waals surface area contributed by atoms with Gasteiger partial charge in [-0.3, -0.25) is 4.79 Å². The summed E-state index contributed by atoms with van der Waals surface area (Å²) in [7, 11) is 0. The predicted octanol–water partition coefficient (Wildman–Crippen LogP) is 12.2. The van der Waals surface area contributed by atoms with Gasteiger partial charge in [0.1, 0.15) is 24.4 Å². The van der Waals surface area contributed by atoms with E-state index in [1.54, 1.807) is 6.08 Å². The van der Waals surface area contributed by atoms with Crippen LogP contribution in [-0.2, 0) is 14.3 Å². The number of amides is 1. The molecule has 7 atom stereocenters. The van der Waals surface area contributed by atoms with Gasteiger partial charge in [-0.15, -0.1) is 0 Å². The molecule has 1 aliphatic heterocycles. The Hall–Kier alpha value is -1.85. The van der Waals surface area contributed by atoms with Crippen molar-refractivity contribution >= 4 is 5.91 Å². The number of nitrogens with one attached hydrogen (secondary N) is 1. The van der Waals surface area contributed by atoms with Crippen molar-refractivity contribution in [2.45, 2.75) is 275 Å². The predicted molar refractivity (Wildman–Crippen MR) is 263 cm³/mol. The quantitative estimate of drug-likeness (QED) is 0.0262. The molecular weight excluding hydrogens is 791 g/mol. The van der Waals surface area contributed by atoms with Gasteiger partial charge in [-0.2, -0.15) is 0 Å². The standard InChI is InChI=1S/C54H99NO8/c1-3-5-7-9-11-13-15-17-19-21-23-24-26-27-29-31-33-35-37-39-41-43-48(57)47(46-62-54-53(61)52(60)51(59)49(45-56)63-54)55-50(58)44-42-40-38-36-34-32-30-28-25-22-20-18-16-14-12-10-8-6-4-2/h18,20,26-27,33,35,41,43,47-49,51-54,56-57,59-61H,3-17,19,21-25,28-32,34,36-40,42,44-46H2,1-2H3,(H,55,58)/b20-18-,27-26+,35-33+,43-41+. The first kappa shape index (κ1) is 59.2. The van der Waals surface area contributed by atoms with Crippen molar-refractivity contribution in [1.29, 1.82) is 0 Å². The van der Waals surface area contributed by atoms with Gasteiger partial charge in [0.15, 0.2) is 6.29 Å². The van der Waals surface area contributed by atoms with Gasteiger partial charge in [0.05, 0.1) is 25.4 Å². The van der Waals surface area contributed by atoms with E-state index >= 15 is 0 Å². The number of hydrogen-bond acceptors (Lipinski definition) is 8. The fourth-order valence-corrected chi connectivity index (χ4v) is 8.12. The molecule has 0 spiro atoms. The molecule has 0 bridgehead atoms. The molecule has 0 aromatic heterocycles. The highest BCUT2D eigenvalue weighted by Crippen LogP contribution is 2.23. The third-order valence-electron chi connectivity index (χ3n) is 12.4. The summed E-state index contributed by atoms with van der Waals surface area (Å²) in [5, 5.41) is 54.3. The Morgan fingerprint density at radius 2 is 0.905 bits per heavy atom. The van der Waals surface area contributed by atoms with Crippen LogP contribution in [0.2, 0.25) is 0 Å². The molecule has 1 aliphatic rings. The second-order valence-electron chi connectivity index (χ2n) is 18.3. The number of aliphatic hydroxyl groups is 5. The van der Waals surface area contributed by atoms with E-state index in [2.05, 4.69) is 55.6 Å². The van der Waals surface area contributed by atoms with Gasteiger partial charge in [-0.05, 0) is 70.6 Å². The second-order valence-corrected chi connectivity index (χ2v) is 18.3. The number of allylic oxidation sites excluding steroid dienone is 7. The van der Waals surface area contributed by atoms with Crippen LogP contribution in [0.15, 0.2) is 48.6 Å². The number of carbonyl (C=O) groups excluding carboxylic acids is 1. The zero-order valence-electron chi connectivity index (χ0n) is 40.6. The summed E-state index contributed by atoms with van der Waals surface area (Å²) >= 11 is 0. The van der Waals surface area contributed by atoms with E-state index in [1.165, 1.54) is 167 Å². The molecule has 0 aromatic rings. The van der Waals surface area contributed by atoms with Gasteiger partial charge in [-0.1, -0.05) is 204 Å². The molecule has 0 aromatic carbocycles. The molecule has 1 heterocycles. The van der Waals surface area contributed by atoms with Crippen LogP contribution in [0, 0.1) is 0 Å². The summed E-state index contributed by atoms with van der Waals surface area (Å²) in [4.78, 5) is 13.0. The Morgan fingerprint density at radius 1 is 0.524 bits per heavy atom. The molecule has 1 rings (SSSR count). The smallest absolute Gasteiger partial charge is 0.220 e. The van der Waals surface area contributed by atoms with Crippen molar-refractivity contribution in [2.75, 3.05) is 13.2 Å². The number of hydrogen-bond donors (Lipinski definition) is 6. The Kier molecular flexibility index (Phi) is 41.3. The molecule has 0 saturated carbocycles. The van der Waals surface area contributed by atoms with Gasteiger partial charge in [0, 0.05) is 6.42 Å². The Morgan fingerprint density at radius 3 is 1.33 bits per heavy atom. The second kappa shape index (κ2) is 44.0. The zero-order valence-corrected chi connectivity index (χ0v) is 40.6. The van der Waals surface area contributed by atoms with Crippen LogP contribution in [0.3, 0.4) is 0 Å². The van der Waals surface area contributed by atoms with Crippen molar-refractivity contribution < 1.29 is 39.8 Å². The monoisotopic (exact) mass is 890 g/mol. The first-order chi connectivity index (χ1) is 30.8. The fraction of sp³-hybridized carbons (Fsp3) is 0.833. The van der Waals surface area contributed by atoms with Crippen LogP contribution < -0.4 is 5.32 Å². The summed E-state index contributed by atoms with van der Waals surface area (Å²) < 4.78 is 11.2.